The fraction of sp³-hybridized carbons (Fsp3) is 0.421. The van der Waals surface area contributed by atoms with E-state index in [4.69, 9.17) is 0 Å². The zero-order chi connectivity index (χ0) is 18.5. The van der Waals surface area contributed by atoms with E-state index in [-0.39, 0.29) is 11.7 Å². The highest BCUT2D eigenvalue weighted by atomic mass is 19.1. The second-order valence-electron chi connectivity index (χ2n) is 6.21. The molecular formula is C19H24FN5O. The number of aromatic nitrogens is 2. The predicted octanol–water partition coefficient (Wildman–Crippen LogP) is 2.42. The minimum Gasteiger partial charge on any atom is -0.356 e. The van der Waals surface area contributed by atoms with Crippen LogP contribution in [-0.4, -0.2) is 60.3 Å². The Labute approximate surface area is 153 Å². The zero-order valence-electron chi connectivity index (χ0n) is 15.2. The zero-order valence-corrected chi connectivity index (χ0v) is 15.2. The average molecular weight is 357 g/mol. The van der Waals surface area contributed by atoms with Crippen molar-refractivity contribution in [3.8, 4) is 0 Å². The molecule has 7 heteroatoms. The van der Waals surface area contributed by atoms with Crippen LogP contribution in [0.4, 0.5) is 16.0 Å². The normalized spacial score (nSPS) is 14.4. The topological polar surface area (TPSA) is 52.6 Å². The summed E-state index contributed by atoms with van der Waals surface area (Å²) in [4.78, 5) is 18.6. The lowest BCUT2D eigenvalue weighted by atomic mass is 10.2. The first-order chi connectivity index (χ1) is 12.6. The van der Waals surface area contributed by atoms with Crippen LogP contribution >= 0.6 is 0 Å². The van der Waals surface area contributed by atoms with E-state index in [0.29, 0.717) is 31.7 Å². The van der Waals surface area contributed by atoms with E-state index < -0.39 is 0 Å². The molecule has 1 aromatic carbocycles. The van der Waals surface area contributed by atoms with Crippen molar-refractivity contribution in [3.63, 3.8) is 0 Å². The lowest BCUT2D eigenvalue weighted by molar-refractivity contribution is 0.0746. The van der Waals surface area contributed by atoms with E-state index in [1.54, 1.807) is 4.90 Å². The third-order valence-corrected chi connectivity index (χ3v) is 4.71. The van der Waals surface area contributed by atoms with Gasteiger partial charge < -0.3 is 14.7 Å². The Bertz CT molecular complexity index is 723. The Morgan fingerprint density at radius 3 is 2.19 bits per heavy atom. The number of amides is 1. The van der Waals surface area contributed by atoms with Gasteiger partial charge in [0.2, 0.25) is 0 Å². The molecule has 6 nitrogen and oxygen atoms in total. The van der Waals surface area contributed by atoms with Gasteiger partial charge in [-0.3, -0.25) is 4.79 Å². The van der Waals surface area contributed by atoms with Gasteiger partial charge in [0.25, 0.3) is 5.91 Å². The van der Waals surface area contributed by atoms with Crippen LogP contribution in [0.15, 0.2) is 36.4 Å². The van der Waals surface area contributed by atoms with E-state index in [2.05, 4.69) is 33.8 Å². The molecule has 0 unspecified atom stereocenters. The Balaban J connectivity index is 1.59. The summed E-state index contributed by atoms with van der Waals surface area (Å²) >= 11 is 0. The van der Waals surface area contributed by atoms with E-state index in [1.807, 2.05) is 12.1 Å². The second-order valence-corrected chi connectivity index (χ2v) is 6.21. The van der Waals surface area contributed by atoms with Crippen molar-refractivity contribution in [2.45, 2.75) is 13.8 Å². The molecule has 0 spiro atoms. The molecule has 26 heavy (non-hydrogen) atoms. The predicted molar refractivity (Wildman–Crippen MR) is 100 cm³/mol. The molecule has 0 saturated carbocycles. The van der Waals surface area contributed by atoms with Gasteiger partial charge in [-0.2, -0.15) is 0 Å². The summed E-state index contributed by atoms with van der Waals surface area (Å²) in [5.74, 6) is 1.31. The van der Waals surface area contributed by atoms with Crippen molar-refractivity contribution in [1.82, 2.24) is 15.1 Å². The van der Waals surface area contributed by atoms with Crippen molar-refractivity contribution in [2.24, 2.45) is 0 Å². The molecule has 1 aliphatic rings. The summed E-state index contributed by atoms with van der Waals surface area (Å²) in [5, 5.41) is 8.67. The third kappa shape index (κ3) is 3.92. The molecule has 0 bridgehead atoms. The SMILES string of the molecule is CCN(CC)c1ccc(N2CCN(C(=O)c3ccc(F)cc3)CC2)nn1. The first-order valence-corrected chi connectivity index (χ1v) is 9.00. The molecule has 1 saturated heterocycles. The number of piperazine rings is 1. The molecule has 1 amide bonds. The number of halogens is 1. The lowest BCUT2D eigenvalue weighted by Gasteiger charge is -2.35. The van der Waals surface area contributed by atoms with Crippen LogP contribution in [0.2, 0.25) is 0 Å². The number of rotatable bonds is 5. The summed E-state index contributed by atoms with van der Waals surface area (Å²) in [6, 6.07) is 9.67. The molecule has 2 aromatic rings. The maximum atomic E-state index is 13.0. The quantitative estimate of drug-likeness (QED) is 0.823. The van der Waals surface area contributed by atoms with Crippen LogP contribution in [0.25, 0.3) is 0 Å². The average Bonchev–Trinajstić information content (AvgIpc) is 2.70. The van der Waals surface area contributed by atoms with Gasteiger partial charge in [-0.15, -0.1) is 10.2 Å². The van der Waals surface area contributed by atoms with Crippen LogP contribution < -0.4 is 9.80 Å². The van der Waals surface area contributed by atoms with Crippen LogP contribution in [0.5, 0.6) is 0 Å². The lowest BCUT2D eigenvalue weighted by Crippen LogP contribution is -2.49. The second kappa shape index (κ2) is 8.12. The largest absolute Gasteiger partial charge is 0.356 e. The summed E-state index contributed by atoms with van der Waals surface area (Å²) in [6.07, 6.45) is 0. The van der Waals surface area contributed by atoms with Crippen molar-refractivity contribution in [1.29, 1.82) is 0 Å². The van der Waals surface area contributed by atoms with Gasteiger partial charge in [-0.1, -0.05) is 0 Å². The van der Waals surface area contributed by atoms with Gasteiger partial charge in [0.15, 0.2) is 11.6 Å². The summed E-state index contributed by atoms with van der Waals surface area (Å²) in [6.45, 7) is 8.60. The fourth-order valence-electron chi connectivity index (χ4n) is 3.12. The van der Waals surface area contributed by atoms with Gasteiger partial charge in [-0.05, 0) is 50.2 Å². The Hall–Kier alpha value is -2.70. The van der Waals surface area contributed by atoms with Crippen LogP contribution in [0.1, 0.15) is 24.2 Å². The molecule has 0 N–H and O–H groups in total. The molecule has 1 aliphatic heterocycles. The third-order valence-electron chi connectivity index (χ3n) is 4.71. The summed E-state index contributed by atoms with van der Waals surface area (Å²) in [5.41, 5.74) is 0.517. The molecule has 0 aliphatic carbocycles. The molecule has 0 radical (unpaired) electrons. The van der Waals surface area contributed by atoms with Gasteiger partial charge in [0, 0.05) is 44.8 Å². The number of benzene rings is 1. The number of nitrogens with zero attached hydrogens (tertiary/aromatic N) is 5. The van der Waals surface area contributed by atoms with E-state index in [9.17, 15) is 9.18 Å². The molecular weight excluding hydrogens is 333 g/mol. The van der Waals surface area contributed by atoms with Crippen molar-refractivity contribution < 1.29 is 9.18 Å². The highest BCUT2D eigenvalue weighted by molar-refractivity contribution is 5.94. The number of carbonyl (C=O) groups is 1. The maximum Gasteiger partial charge on any atom is 0.253 e. The first-order valence-electron chi connectivity index (χ1n) is 9.00. The highest BCUT2D eigenvalue weighted by Crippen LogP contribution is 2.17. The van der Waals surface area contributed by atoms with E-state index in [0.717, 1.165) is 24.7 Å². The molecule has 0 atom stereocenters. The van der Waals surface area contributed by atoms with Crippen LogP contribution in [0, 0.1) is 5.82 Å². The van der Waals surface area contributed by atoms with Crippen molar-refractivity contribution >= 4 is 17.5 Å². The van der Waals surface area contributed by atoms with Crippen LogP contribution in [-0.2, 0) is 0 Å². The van der Waals surface area contributed by atoms with Gasteiger partial charge in [0.05, 0.1) is 0 Å². The standard InChI is InChI=1S/C19H24FN5O/c1-3-23(4-2)17-9-10-18(22-21-17)24-11-13-25(14-12-24)19(26)15-5-7-16(20)8-6-15/h5-10H,3-4,11-14H2,1-2H3. The maximum absolute atomic E-state index is 13.0. The molecule has 138 valence electrons. The Morgan fingerprint density at radius 2 is 1.65 bits per heavy atom. The number of carbonyl (C=O) groups excluding carboxylic acids is 1. The molecule has 1 fully saturated rings. The highest BCUT2D eigenvalue weighted by Gasteiger charge is 2.23. The van der Waals surface area contributed by atoms with Gasteiger partial charge in [0.1, 0.15) is 5.82 Å². The fourth-order valence-corrected chi connectivity index (χ4v) is 3.12. The van der Waals surface area contributed by atoms with Gasteiger partial charge in [-0.25, -0.2) is 4.39 Å². The number of anilines is 2. The molecule has 1 aromatic heterocycles. The smallest absolute Gasteiger partial charge is 0.253 e. The van der Waals surface area contributed by atoms with E-state index in [1.165, 1.54) is 24.3 Å². The monoisotopic (exact) mass is 357 g/mol. The number of hydrogen-bond acceptors (Lipinski definition) is 5. The summed E-state index contributed by atoms with van der Waals surface area (Å²) in [7, 11) is 0. The number of hydrogen-bond donors (Lipinski definition) is 0. The first kappa shape index (κ1) is 18.1. The van der Waals surface area contributed by atoms with Gasteiger partial charge >= 0.3 is 0 Å². The minimum atomic E-state index is -0.335. The Kier molecular flexibility index (Phi) is 5.65. The minimum absolute atomic E-state index is 0.0624. The molecule has 2 heterocycles. The summed E-state index contributed by atoms with van der Waals surface area (Å²) < 4.78 is 13.0. The van der Waals surface area contributed by atoms with Crippen molar-refractivity contribution in [2.75, 3.05) is 49.1 Å². The Morgan fingerprint density at radius 1 is 1.00 bits per heavy atom. The van der Waals surface area contributed by atoms with Crippen LogP contribution in [0.3, 0.4) is 0 Å². The van der Waals surface area contributed by atoms with Crippen molar-refractivity contribution in [3.05, 3.63) is 47.8 Å². The van der Waals surface area contributed by atoms with E-state index >= 15 is 0 Å². The molecule has 3 rings (SSSR count).